The van der Waals surface area contributed by atoms with Crippen LogP contribution in [0.3, 0.4) is 0 Å². The number of alkyl halides is 3. The van der Waals surface area contributed by atoms with E-state index in [0.29, 0.717) is 41.2 Å². The van der Waals surface area contributed by atoms with Gasteiger partial charge in [-0.15, -0.1) is 0 Å². The van der Waals surface area contributed by atoms with Gasteiger partial charge in [0, 0.05) is 39.6 Å². The summed E-state index contributed by atoms with van der Waals surface area (Å²) in [6, 6.07) is 13.8. The van der Waals surface area contributed by atoms with Gasteiger partial charge in [0.25, 0.3) is 5.89 Å². The van der Waals surface area contributed by atoms with Gasteiger partial charge in [-0.1, -0.05) is 35.3 Å². The lowest BCUT2D eigenvalue weighted by atomic mass is 9.94. The molecule has 0 aliphatic heterocycles. The fraction of sp³-hybridized carbons (Fsp3) is 0.276. The number of nitrogens with one attached hydrogen (secondary N) is 1. The third kappa shape index (κ3) is 6.36. The fourth-order valence-electron chi connectivity index (χ4n) is 4.73. The third-order valence-corrected chi connectivity index (χ3v) is 9.61. The minimum atomic E-state index is -4.46. The Hall–Kier alpha value is -3.61. The second-order valence-electron chi connectivity index (χ2n) is 10.2. The number of hydrogen-bond donors (Lipinski definition) is 1. The molecule has 8 nitrogen and oxygen atoms in total. The molecule has 0 radical (unpaired) electrons. The van der Waals surface area contributed by atoms with Crippen LogP contribution in [0.25, 0.3) is 11.5 Å². The van der Waals surface area contributed by atoms with Crippen molar-refractivity contribution >= 4 is 50.3 Å². The van der Waals surface area contributed by atoms with Crippen molar-refractivity contribution in [3.8, 4) is 11.5 Å². The quantitative estimate of drug-likeness (QED) is 0.207. The Morgan fingerprint density at radius 1 is 1.05 bits per heavy atom. The lowest BCUT2D eigenvalue weighted by molar-refractivity contribution is -0.137. The van der Waals surface area contributed by atoms with E-state index in [1.54, 1.807) is 43.1 Å². The molecular weight excluding hydrogens is 628 g/mol. The molecule has 0 bridgehead atoms. The SMILES string of the molecule is CCS(=O)(=O)c1ccc(N(C)CC(=O)Nc2cc(Cl)c(C3(c4noc(-c5ccc(C(F)(F)F)cc5)n4)CC3)c(Cl)c2)cc1. The molecule has 0 saturated heterocycles. The van der Waals surface area contributed by atoms with Crippen LogP contribution >= 0.6 is 23.2 Å². The van der Waals surface area contributed by atoms with Crippen molar-refractivity contribution in [1.29, 1.82) is 0 Å². The van der Waals surface area contributed by atoms with E-state index in [0.717, 1.165) is 12.1 Å². The van der Waals surface area contributed by atoms with Gasteiger partial charge in [0.15, 0.2) is 15.7 Å². The van der Waals surface area contributed by atoms with Gasteiger partial charge in [0.1, 0.15) is 0 Å². The van der Waals surface area contributed by atoms with Gasteiger partial charge in [-0.25, -0.2) is 8.42 Å². The van der Waals surface area contributed by atoms with Crippen molar-refractivity contribution < 1.29 is 30.9 Å². The Balaban J connectivity index is 1.29. The highest BCUT2D eigenvalue weighted by molar-refractivity contribution is 7.91. The molecule has 1 saturated carbocycles. The van der Waals surface area contributed by atoms with Gasteiger partial charge in [0.2, 0.25) is 5.91 Å². The summed E-state index contributed by atoms with van der Waals surface area (Å²) in [5, 5.41) is 7.41. The minimum absolute atomic E-state index is 0.00546. The first-order valence-corrected chi connectivity index (χ1v) is 15.5. The van der Waals surface area contributed by atoms with Gasteiger partial charge in [-0.3, -0.25) is 4.79 Å². The molecule has 1 N–H and O–H groups in total. The Morgan fingerprint density at radius 2 is 1.65 bits per heavy atom. The molecule has 1 aliphatic carbocycles. The van der Waals surface area contributed by atoms with Crippen LogP contribution in [0.2, 0.25) is 10.0 Å². The first kappa shape index (κ1) is 30.8. The predicted octanol–water partition coefficient (Wildman–Crippen LogP) is 7.01. The zero-order valence-electron chi connectivity index (χ0n) is 22.9. The van der Waals surface area contributed by atoms with Gasteiger partial charge >= 0.3 is 6.18 Å². The van der Waals surface area contributed by atoms with E-state index >= 15 is 0 Å². The van der Waals surface area contributed by atoms with E-state index in [1.165, 1.54) is 24.3 Å². The summed E-state index contributed by atoms with van der Waals surface area (Å²) in [5.41, 5.74) is 0.407. The van der Waals surface area contributed by atoms with Crippen molar-refractivity contribution in [1.82, 2.24) is 10.1 Å². The van der Waals surface area contributed by atoms with E-state index in [-0.39, 0.29) is 39.0 Å². The molecule has 0 unspecified atom stereocenters. The number of likely N-dealkylation sites (N-methyl/N-ethyl adjacent to an activating group) is 1. The molecule has 3 aromatic carbocycles. The van der Waals surface area contributed by atoms with E-state index in [2.05, 4.69) is 15.5 Å². The van der Waals surface area contributed by atoms with Crippen LogP contribution in [0.1, 0.15) is 36.7 Å². The summed E-state index contributed by atoms with van der Waals surface area (Å²) in [7, 11) is -1.63. The summed E-state index contributed by atoms with van der Waals surface area (Å²) < 4.78 is 68.2. The number of sulfone groups is 1. The van der Waals surface area contributed by atoms with E-state index in [4.69, 9.17) is 27.7 Å². The minimum Gasteiger partial charge on any atom is -0.365 e. The van der Waals surface area contributed by atoms with Gasteiger partial charge in [-0.05, 0) is 73.5 Å². The average molecular weight is 654 g/mol. The highest BCUT2D eigenvalue weighted by Gasteiger charge is 2.52. The van der Waals surface area contributed by atoms with Crippen LogP contribution in [-0.4, -0.2) is 43.8 Å². The number of carbonyl (C=O) groups excluding carboxylic acids is 1. The highest BCUT2D eigenvalue weighted by Crippen LogP contribution is 2.57. The van der Waals surface area contributed by atoms with Crippen molar-refractivity contribution in [3.63, 3.8) is 0 Å². The molecule has 43 heavy (non-hydrogen) atoms. The Morgan fingerprint density at radius 3 is 2.19 bits per heavy atom. The second-order valence-corrected chi connectivity index (χ2v) is 13.3. The zero-order chi connectivity index (χ0) is 31.2. The lowest BCUT2D eigenvalue weighted by Crippen LogP contribution is -2.30. The Bertz CT molecular complexity index is 1750. The van der Waals surface area contributed by atoms with Gasteiger partial charge < -0.3 is 14.7 Å². The van der Waals surface area contributed by atoms with Crippen LogP contribution in [-0.2, 0) is 26.2 Å². The maximum Gasteiger partial charge on any atom is 0.416 e. The molecule has 0 atom stereocenters. The molecule has 4 aromatic rings. The molecule has 226 valence electrons. The summed E-state index contributed by atoms with van der Waals surface area (Å²) in [5.74, 6) is 0.0152. The molecule has 1 heterocycles. The smallest absolute Gasteiger partial charge is 0.365 e. The molecule has 1 aromatic heterocycles. The predicted molar refractivity (Wildman–Crippen MR) is 157 cm³/mol. The number of anilines is 2. The van der Waals surface area contributed by atoms with Crippen molar-refractivity contribution in [3.05, 3.63) is 87.7 Å². The number of hydrogen-bond acceptors (Lipinski definition) is 7. The number of carbonyl (C=O) groups is 1. The van der Waals surface area contributed by atoms with Crippen LogP contribution in [0, 0.1) is 0 Å². The largest absolute Gasteiger partial charge is 0.416 e. The number of benzene rings is 3. The van der Waals surface area contributed by atoms with E-state index in [1.807, 2.05) is 0 Å². The molecule has 14 heteroatoms. The first-order valence-electron chi connectivity index (χ1n) is 13.1. The van der Waals surface area contributed by atoms with Gasteiger partial charge in [-0.2, -0.15) is 18.2 Å². The number of rotatable bonds is 9. The zero-order valence-corrected chi connectivity index (χ0v) is 25.2. The van der Waals surface area contributed by atoms with Crippen LogP contribution in [0.4, 0.5) is 24.5 Å². The molecule has 5 rings (SSSR count). The average Bonchev–Trinajstić information content (AvgIpc) is 3.58. The van der Waals surface area contributed by atoms with Crippen LogP contribution in [0.15, 0.2) is 70.1 Å². The number of amides is 1. The summed E-state index contributed by atoms with van der Waals surface area (Å²) >= 11 is 13.3. The molecule has 0 spiro atoms. The molecule has 1 amide bonds. The second kappa shape index (κ2) is 11.5. The van der Waals surface area contributed by atoms with E-state index in [9.17, 15) is 26.4 Å². The lowest BCUT2D eigenvalue weighted by Gasteiger charge is -2.20. The Labute approximate surface area is 255 Å². The molecule has 1 fully saturated rings. The molecule has 1 aliphatic rings. The normalized spacial score (nSPS) is 14.4. The van der Waals surface area contributed by atoms with Crippen LogP contribution in [0.5, 0.6) is 0 Å². The standard InChI is InChI=1S/C29H25Cl2F3N4O4S/c1-3-43(40,41)21-10-8-20(9-11-21)38(2)16-24(39)35-19-14-22(30)25(23(31)15-19)28(12-13-28)27-36-26(42-37-27)17-4-6-18(7-5-17)29(32,33)34/h4-11,14-15H,3,12-13,16H2,1-2H3,(H,35,39). The first-order chi connectivity index (χ1) is 20.2. The van der Waals surface area contributed by atoms with Gasteiger partial charge in [0.05, 0.1) is 28.2 Å². The fourth-order valence-corrected chi connectivity index (χ4v) is 6.46. The van der Waals surface area contributed by atoms with E-state index < -0.39 is 27.0 Å². The molecular formula is C29H25Cl2F3N4O4S. The number of halogens is 5. The summed E-state index contributed by atoms with van der Waals surface area (Å²) in [4.78, 5) is 19.1. The number of aromatic nitrogens is 2. The van der Waals surface area contributed by atoms with Crippen molar-refractivity contribution in [2.24, 2.45) is 0 Å². The topological polar surface area (TPSA) is 105 Å². The van der Waals surface area contributed by atoms with Crippen LogP contribution < -0.4 is 10.2 Å². The maximum atomic E-state index is 12.9. The highest BCUT2D eigenvalue weighted by atomic mass is 35.5. The third-order valence-electron chi connectivity index (χ3n) is 7.27. The van der Waals surface area contributed by atoms with Crippen molar-refractivity contribution in [2.45, 2.75) is 36.3 Å². The Kier molecular flexibility index (Phi) is 8.23. The monoisotopic (exact) mass is 652 g/mol. The summed E-state index contributed by atoms with van der Waals surface area (Å²) in [6.07, 6.45) is -3.22. The maximum absolute atomic E-state index is 12.9. The number of nitrogens with zero attached hydrogens (tertiary/aromatic N) is 3. The van der Waals surface area contributed by atoms with Crippen molar-refractivity contribution in [2.75, 3.05) is 29.6 Å². The summed E-state index contributed by atoms with van der Waals surface area (Å²) in [6.45, 7) is 1.54.